The highest BCUT2D eigenvalue weighted by molar-refractivity contribution is 5.80. The van der Waals surface area contributed by atoms with Gasteiger partial charge < -0.3 is 15.5 Å². The Kier molecular flexibility index (Phi) is 4.96. The summed E-state index contributed by atoms with van der Waals surface area (Å²) in [6.07, 6.45) is 5.71. The molecule has 1 saturated carbocycles. The number of piperazine rings is 1. The molecular formula is C25H27N7. The minimum absolute atomic E-state index is 0.615. The second-order valence-corrected chi connectivity index (χ2v) is 8.57. The number of imidazole rings is 1. The van der Waals surface area contributed by atoms with Crippen molar-refractivity contribution in [3.05, 3.63) is 60.8 Å². The summed E-state index contributed by atoms with van der Waals surface area (Å²) in [7, 11) is 0. The van der Waals surface area contributed by atoms with Gasteiger partial charge in [0.2, 0.25) is 5.95 Å². The molecule has 6 rings (SSSR count). The van der Waals surface area contributed by atoms with Crippen molar-refractivity contribution in [2.75, 3.05) is 36.4 Å². The number of rotatable bonds is 5. The number of hydrogen-bond donors (Lipinski definition) is 2. The maximum Gasteiger partial charge on any atom is 0.227 e. The zero-order valence-electron chi connectivity index (χ0n) is 18.0. The summed E-state index contributed by atoms with van der Waals surface area (Å²) >= 11 is 0. The third kappa shape index (κ3) is 3.58. The molecular weight excluding hydrogens is 398 g/mol. The van der Waals surface area contributed by atoms with E-state index in [1.165, 1.54) is 24.9 Å². The minimum atomic E-state index is 0.615. The second kappa shape index (κ2) is 8.24. The van der Waals surface area contributed by atoms with Gasteiger partial charge in [0.15, 0.2) is 5.65 Å². The van der Waals surface area contributed by atoms with Crippen molar-refractivity contribution in [3.63, 3.8) is 0 Å². The van der Waals surface area contributed by atoms with E-state index in [0.717, 1.165) is 60.4 Å². The lowest BCUT2D eigenvalue weighted by atomic mass is 9.93. The Bertz CT molecular complexity index is 1210. The predicted molar refractivity (Wildman–Crippen MR) is 128 cm³/mol. The van der Waals surface area contributed by atoms with Gasteiger partial charge in [-0.25, -0.2) is 9.97 Å². The van der Waals surface area contributed by atoms with Crippen molar-refractivity contribution in [3.8, 4) is 17.1 Å². The van der Waals surface area contributed by atoms with Crippen molar-refractivity contribution in [1.82, 2.24) is 24.8 Å². The molecule has 32 heavy (non-hydrogen) atoms. The Labute approximate surface area is 187 Å². The van der Waals surface area contributed by atoms with Crippen LogP contribution in [0.25, 0.3) is 28.2 Å². The van der Waals surface area contributed by atoms with E-state index in [-0.39, 0.29) is 0 Å². The zero-order valence-corrected chi connectivity index (χ0v) is 18.0. The minimum Gasteiger partial charge on any atom is -0.382 e. The summed E-state index contributed by atoms with van der Waals surface area (Å²) in [5, 5.41) is 7.01. The molecule has 0 spiro atoms. The highest BCUT2D eigenvalue weighted by Gasteiger charge is 2.20. The predicted octanol–water partition coefficient (Wildman–Crippen LogP) is 3.86. The van der Waals surface area contributed by atoms with Gasteiger partial charge in [-0.3, -0.25) is 4.57 Å². The largest absolute Gasteiger partial charge is 0.382 e. The summed E-state index contributed by atoms with van der Waals surface area (Å²) in [6.45, 7) is 3.72. The maximum atomic E-state index is 4.99. The van der Waals surface area contributed by atoms with E-state index in [1.54, 1.807) is 0 Å². The van der Waals surface area contributed by atoms with Crippen LogP contribution in [0.4, 0.5) is 11.6 Å². The van der Waals surface area contributed by atoms with Gasteiger partial charge in [0.1, 0.15) is 11.3 Å². The summed E-state index contributed by atoms with van der Waals surface area (Å²) in [4.78, 5) is 16.8. The van der Waals surface area contributed by atoms with Crippen LogP contribution in [-0.4, -0.2) is 51.7 Å². The van der Waals surface area contributed by atoms with Gasteiger partial charge in [-0.1, -0.05) is 30.3 Å². The van der Waals surface area contributed by atoms with Crippen LogP contribution in [0.3, 0.4) is 0 Å². The standard InChI is InChI=1S/C25H27N7/c1-2-5-18(6-3-1)23-29-22-17-27-25(31-15-13-26-14-16-31)30-24(22)32(23)21-11-9-20(10-12-21)28-19-7-4-8-19/h1-3,5-6,9-12,17,19,26,28H,4,7-8,13-16H2. The molecule has 4 aromatic rings. The average Bonchev–Trinajstić information content (AvgIpc) is 3.22. The molecule has 3 heterocycles. The SMILES string of the molecule is c1ccc(-c2nc3cnc(N4CCNCC4)nc3n2-c2ccc(NC3CCC3)cc2)cc1. The van der Waals surface area contributed by atoms with Crippen molar-refractivity contribution < 1.29 is 0 Å². The Hall–Kier alpha value is -3.45. The second-order valence-electron chi connectivity index (χ2n) is 8.57. The van der Waals surface area contributed by atoms with Crippen LogP contribution >= 0.6 is 0 Å². The molecule has 2 N–H and O–H groups in total. The molecule has 2 aromatic carbocycles. The molecule has 2 aliphatic rings. The monoisotopic (exact) mass is 425 g/mol. The molecule has 0 radical (unpaired) electrons. The Morgan fingerprint density at radius 1 is 0.906 bits per heavy atom. The lowest BCUT2D eigenvalue weighted by molar-refractivity contribution is 0.445. The first-order valence-electron chi connectivity index (χ1n) is 11.5. The van der Waals surface area contributed by atoms with E-state index < -0.39 is 0 Å². The quantitative estimate of drug-likeness (QED) is 0.506. The van der Waals surface area contributed by atoms with Gasteiger partial charge in [0.25, 0.3) is 0 Å². The zero-order chi connectivity index (χ0) is 21.3. The first-order valence-corrected chi connectivity index (χ1v) is 11.5. The fourth-order valence-electron chi connectivity index (χ4n) is 4.40. The smallest absolute Gasteiger partial charge is 0.227 e. The van der Waals surface area contributed by atoms with E-state index in [1.807, 2.05) is 24.4 Å². The number of benzene rings is 2. The molecule has 1 aliphatic heterocycles. The molecule has 162 valence electrons. The van der Waals surface area contributed by atoms with Gasteiger partial charge in [-0.2, -0.15) is 4.98 Å². The summed E-state index contributed by atoms with van der Waals surface area (Å²) in [5.74, 6) is 1.65. The lowest BCUT2D eigenvalue weighted by Gasteiger charge is -2.27. The molecule has 0 amide bonds. The highest BCUT2D eigenvalue weighted by atomic mass is 15.3. The van der Waals surface area contributed by atoms with Crippen LogP contribution in [-0.2, 0) is 0 Å². The van der Waals surface area contributed by atoms with E-state index in [9.17, 15) is 0 Å². The van der Waals surface area contributed by atoms with Crippen LogP contribution in [0.1, 0.15) is 19.3 Å². The number of fused-ring (bicyclic) bond motifs is 1. The topological polar surface area (TPSA) is 70.9 Å². The van der Waals surface area contributed by atoms with Crippen LogP contribution in [0, 0.1) is 0 Å². The molecule has 7 heteroatoms. The molecule has 0 atom stereocenters. The van der Waals surface area contributed by atoms with Crippen molar-refractivity contribution in [2.45, 2.75) is 25.3 Å². The number of aromatic nitrogens is 4. The van der Waals surface area contributed by atoms with Crippen LogP contribution < -0.4 is 15.5 Å². The number of nitrogens with zero attached hydrogens (tertiary/aromatic N) is 5. The number of nitrogens with one attached hydrogen (secondary N) is 2. The molecule has 0 unspecified atom stereocenters. The lowest BCUT2D eigenvalue weighted by Crippen LogP contribution is -2.44. The first kappa shape index (κ1) is 19.3. The third-order valence-corrected chi connectivity index (χ3v) is 6.42. The summed E-state index contributed by atoms with van der Waals surface area (Å²) < 4.78 is 2.16. The molecule has 0 bridgehead atoms. The van der Waals surface area contributed by atoms with Crippen molar-refractivity contribution >= 4 is 22.8 Å². The van der Waals surface area contributed by atoms with Crippen LogP contribution in [0.5, 0.6) is 0 Å². The fraction of sp³-hybridized carbons (Fsp3) is 0.320. The molecule has 2 aromatic heterocycles. The summed E-state index contributed by atoms with van der Waals surface area (Å²) in [6, 6.07) is 19.5. The third-order valence-electron chi connectivity index (χ3n) is 6.42. The van der Waals surface area contributed by atoms with E-state index in [0.29, 0.717) is 6.04 Å². The van der Waals surface area contributed by atoms with E-state index >= 15 is 0 Å². The fourth-order valence-corrected chi connectivity index (χ4v) is 4.40. The van der Waals surface area contributed by atoms with Gasteiger partial charge in [-0.15, -0.1) is 0 Å². The average molecular weight is 426 g/mol. The Balaban J connectivity index is 1.45. The van der Waals surface area contributed by atoms with E-state index in [2.05, 4.69) is 61.5 Å². The molecule has 7 nitrogen and oxygen atoms in total. The molecule has 1 saturated heterocycles. The van der Waals surface area contributed by atoms with Crippen molar-refractivity contribution in [2.24, 2.45) is 0 Å². The van der Waals surface area contributed by atoms with E-state index in [4.69, 9.17) is 9.97 Å². The summed E-state index contributed by atoms with van der Waals surface area (Å²) in [5.41, 5.74) is 4.92. The van der Waals surface area contributed by atoms with Crippen molar-refractivity contribution in [1.29, 1.82) is 0 Å². The van der Waals surface area contributed by atoms with Gasteiger partial charge >= 0.3 is 0 Å². The normalized spacial score (nSPS) is 16.8. The number of anilines is 2. The van der Waals surface area contributed by atoms with Gasteiger partial charge in [0, 0.05) is 49.2 Å². The number of hydrogen-bond acceptors (Lipinski definition) is 6. The van der Waals surface area contributed by atoms with Crippen LogP contribution in [0.15, 0.2) is 60.8 Å². The first-order chi connectivity index (χ1) is 15.8. The molecule has 1 aliphatic carbocycles. The van der Waals surface area contributed by atoms with Gasteiger partial charge in [0.05, 0.1) is 6.20 Å². The Morgan fingerprint density at radius 3 is 2.41 bits per heavy atom. The highest BCUT2D eigenvalue weighted by Crippen LogP contribution is 2.30. The molecule has 2 fully saturated rings. The maximum absolute atomic E-state index is 4.99. The Morgan fingerprint density at radius 2 is 1.69 bits per heavy atom. The van der Waals surface area contributed by atoms with Crippen LogP contribution in [0.2, 0.25) is 0 Å². The van der Waals surface area contributed by atoms with Gasteiger partial charge in [-0.05, 0) is 43.5 Å².